The molecular formula is C30H26Br2Cl2O3. The lowest BCUT2D eigenvalue weighted by Gasteiger charge is -2.07. The number of ketones is 1. The van der Waals surface area contributed by atoms with E-state index < -0.39 is 0 Å². The van der Waals surface area contributed by atoms with Gasteiger partial charge in [-0.2, -0.15) is 0 Å². The minimum atomic E-state index is -0.102. The lowest BCUT2D eigenvalue weighted by atomic mass is 10.0. The van der Waals surface area contributed by atoms with Crippen LogP contribution in [0.2, 0.25) is 10.0 Å². The van der Waals surface area contributed by atoms with Gasteiger partial charge in [-0.05, 0) is 104 Å². The van der Waals surface area contributed by atoms with Gasteiger partial charge in [0, 0.05) is 25.1 Å². The van der Waals surface area contributed by atoms with Gasteiger partial charge in [0.25, 0.3) is 0 Å². The minimum absolute atomic E-state index is 0.102. The van der Waals surface area contributed by atoms with Gasteiger partial charge in [-0.3, -0.25) is 4.79 Å². The number of hydrogen-bond donors (Lipinski definition) is 0. The molecular weight excluding hydrogens is 639 g/mol. The van der Waals surface area contributed by atoms with Crippen LogP contribution < -0.4 is 9.47 Å². The van der Waals surface area contributed by atoms with Crippen molar-refractivity contribution in [3.63, 3.8) is 0 Å². The van der Waals surface area contributed by atoms with Crippen molar-refractivity contribution in [3.05, 3.63) is 126 Å². The summed E-state index contributed by atoms with van der Waals surface area (Å²) < 4.78 is 12.6. The molecule has 192 valence electrons. The molecule has 0 amide bonds. The summed E-state index contributed by atoms with van der Waals surface area (Å²) in [5.41, 5.74) is 3.41. The summed E-state index contributed by atoms with van der Waals surface area (Å²) in [6.07, 6.45) is 0.824. The molecule has 0 bridgehead atoms. The highest BCUT2D eigenvalue weighted by Gasteiger charge is 2.13. The fraction of sp³-hybridized carbons (Fsp3) is 0.167. The van der Waals surface area contributed by atoms with Crippen LogP contribution >= 0.6 is 55.1 Å². The molecule has 0 aliphatic carbocycles. The standard InChI is InChI=1S/C15H12BrClO2.C15H14BrClO/c1-2-19-12-6-3-10(4-7-12)15(18)13-9-11(16)5-8-14(13)17;1-2-18-14-6-3-11(4-7-14)9-12-10-13(16)5-8-15(12)17/h3-9H,2H2,1H3;3-8,10H,2,9H2,1H3. The fourth-order valence-corrected chi connectivity index (χ4v) is 4.62. The summed E-state index contributed by atoms with van der Waals surface area (Å²) in [7, 11) is 0. The largest absolute Gasteiger partial charge is 0.494 e. The molecule has 0 aromatic heterocycles. The first-order chi connectivity index (χ1) is 17.8. The molecule has 0 spiro atoms. The van der Waals surface area contributed by atoms with Crippen LogP contribution in [-0.4, -0.2) is 19.0 Å². The molecule has 0 aliphatic heterocycles. The predicted molar refractivity (Wildman–Crippen MR) is 160 cm³/mol. The van der Waals surface area contributed by atoms with Crippen molar-refractivity contribution >= 4 is 60.8 Å². The van der Waals surface area contributed by atoms with E-state index in [4.69, 9.17) is 32.7 Å². The fourth-order valence-electron chi connectivity index (χ4n) is 3.47. The third kappa shape index (κ3) is 8.89. The number of rotatable bonds is 8. The summed E-state index contributed by atoms with van der Waals surface area (Å²) in [6, 6.07) is 26.3. The van der Waals surface area contributed by atoms with Gasteiger partial charge in [-0.25, -0.2) is 0 Å². The van der Waals surface area contributed by atoms with Crippen molar-refractivity contribution < 1.29 is 14.3 Å². The maximum atomic E-state index is 12.3. The first-order valence-electron chi connectivity index (χ1n) is 11.7. The number of ether oxygens (including phenoxy) is 2. The summed E-state index contributed by atoms with van der Waals surface area (Å²) >= 11 is 19.0. The second-order valence-electron chi connectivity index (χ2n) is 7.90. The molecule has 4 rings (SSSR count). The maximum absolute atomic E-state index is 12.3. The molecule has 0 fully saturated rings. The van der Waals surface area contributed by atoms with Gasteiger partial charge in [-0.15, -0.1) is 0 Å². The Morgan fingerprint density at radius 1 is 0.703 bits per heavy atom. The van der Waals surface area contributed by atoms with Crippen LogP contribution in [-0.2, 0) is 6.42 Å². The Morgan fingerprint density at radius 3 is 1.78 bits per heavy atom. The lowest BCUT2D eigenvalue weighted by molar-refractivity contribution is 0.103. The van der Waals surface area contributed by atoms with E-state index in [1.54, 1.807) is 42.5 Å². The van der Waals surface area contributed by atoms with E-state index in [1.165, 1.54) is 5.56 Å². The SMILES string of the molecule is CCOc1ccc(C(=O)c2cc(Br)ccc2Cl)cc1.CCOc1ccc(Cc2cc(Br)ccc2Cl)cc1. The van der Waals surface area contributed by atoms with E-state index in [9.17, 15) is 4.79 Å². The van der Waals surface area contributed by atoms with Gasteiger partial charge in [0.15, 0.2) is 5.78 Å². The molecule has 0 aliphatic rings. The Kier molecular flexibility index (Phi) is 11.5. The smallest absolute Gasteiger partial charge is 0.194 e. The highest BCUT2D eigenvalue weighted by molar-refractivity contribution is 9.10. The first-order valence-corrected chi connectivity index (χ1v) is 14.0. The van der Waals surface area contributed by atoms with Crippen molar-refractivity contribution in [2.45, 2.75) is 20.3 Å². The Labute approximate surface area is 245 Å². The number of carbonyl (C=O) groups excluding carboxylic acids is 1. The topological polar surface area (TPSA) is 35.5 Å². The third-order valence-corrected chi connectivity index (χ3v) is 6.92. The van der Waals surface area contributed by atoms with Crippen LogP contribution in [0.3, 0.4) is 0 Å². The number of hydrogen-bond acceptors (Lipinski definition) is 3. The summed E-state index contributed by atoms with van der Waals surface area (Å²) in [5.74, 6) is 1.55. The Balaban J connectivity index is 0.000000206. The highest BCUT2D eigenvalue weighted by atomic mass is 79.9. The van der Waals surface area contributed by atoms with Gasteiger partial charge >= 0.3 is 0 Å². The summed E-state index contributed by atoms with van der Waals surface area (Å²) in [4.78, 5) is 12.3. The highest BCUT2D eigenvalue weighted by Crippen LogP contribution is 2.25. The van der Waals surface area contributed by atoms with Gasteiger partial charge in [0.05, 0.1) is 18.2 Å². The molecule has 7 heteroatoms. The number of halogens is 4. The zero-order valence-corrected chi connectivity index (χ0v) is 25.1. The molecule has 37 heavy (non-hydrogen) atoms. The molecule has 4 aromatic rings. The van der Waals surface area contributed by atoms with Crippen LogP contribution in [0.1, 0.15) is 40.9 Å². The summed E-state index contributed by atoms with van der Waals surface area (Å²) in [6.45, 7) is 5.19. The number of carbonyl (C=O) groups is 1. The van der Waals surface area contributed by atoms with Gasteiger partial charge < -0.3 is 9.47 Å². The molecule has 0 heterocycles. The van der Waals surface area contributed by atoms with Crippen LogP contribution in [0.4, 0.5) is 0 Å². The lowest BCUT2D eigenvalue weighted by Crippen LogP contribution is -2.02. The molecule has 0 saturated carbocycles. The normalized spacial score (nSPS) is 10.3. The maximum Gasteiger partial charge on any atom is 0.194 e. The zero-order valence-electron chi connectivity index (χ0n) is 20.4. The molecule has 0 atom stereocenters. The van der Waals surface area contributed by atoms with E-state index in [-0.39, 0.29) is 5.78 Å². The predicted octanol–water partition coefficient (Wildman–Crippen LogP) is 9.82. The monoisotopic (exact) mass is 662 g/mol. The molecule has 3 nitrogen and oxygen atoms in total. The van der Waals surface area contributed by atoms with Crippen molar-refractivity contribution in [1.82, 2.24) is 0 Å². The van der Waals surface area contributed by atoms with Gasteiger partial charge in [0.1, 0.15) is 11.5 Å². The van der Waals surface area contributed by atoms with E-state index >= 15 is 0 Å². The van der Waals surface area contributed by atoms with Crippen molar-refractivity contribution in [3.8, 4) is 11.5 Å². The van der Waals surface area contributed by atoms with Crippen molar-refractivity contribution in [2.75, 3.05) is 13.2 Å². The Bertz CT molecular complexity index is 1320. The van der Waals surface area contributed by atoms with Crippen molar-refractivity contribution in [2.24, 2.45) is 0 Å². The average Bonchev–Trinajstić information content (AvgIpc) is 2.89. The van der Waals surface area contributed by atoms with Crippen LogP contribution in [0, 0.1) is 0 Å². The van der Waals surface area contributed by atoms with Gasteiger partial charge in [0.2, 0.25) is 0 Å². The molecule has 0 unspecified atom stereocenters. The Hall–Kier alpha value is -2.31. The molecule has 0 saturated heterocycles. The number of benzene rings is 4. The van der Waals surface area contributed by atoms with Crippen LogP contribution in [0.15, 0.2) is 93.9 Å². The van der Waals surface area contributed by atoms with Crippen molar-refractivity contribution in [1.29, 1.82) is 0 Å². The molecule has 0 N–H and O–H groups in total. The summed E-state index contributed by atoms with van der Waals surface area (Å²) in [5, 5.41) is 1.24. The minimum Gasteiger partial charge on any atom is -0.494 e. The van der Waals surface area contributed by atoms with E-state index in [0.717, 1.165) is 37.5 Å². The quantitative estimate of drug-likeness (QED) is 0.176. The zero-order chi connectivity index (χ0) is 26.8. The van der Waals surface area contributed by atoms with Crippen LogP contribution in [0.25, 0.3) is 0 Å². The van der Waals surface area contributed by atoms with E-state index in [0.29, 0.717) is 29.4 Å². The van der Waals surface area contributed by atoms with Gasteiger partial charge in [-0.1, -0.05) is 67.2 Å². The van der Waals surface area contributed by atoms with E-state index in [1.807, 2.05) is 38.1 Å². The third-order valence-electron chi connectivity index (χ3n) is 5.24. The Morgan fingerprint density at radius 2 is 1.22 bits per heavy atom. The molecule has 0 radical (unpaired) electrons. The first kappa shape index (κ1) is 29.2. The second-order valence-corrected chi connectivity index (χ2v) is 10.5. The van der Waals surface area contributed by atoms with E-state index in [2.05, 4.69) is 50.1 Å². The second kappa shape index (κ2) is 14.6. The van der Waals surface area contributed by atoms with Crippen LogP contribution in [0.5, 0.6) is 11.5 Å². The average molecular weight is 665 g/mol. The molecule has 4 aromatic carbocycles.